The van der Waals surface area contributed by atoms with Gasteiger partial charge in [0, 0.05) is 29.3 Å². The van der Waals surface area contributed by atoms with E-state index >= 15 is 0 Å². The number of hydrogen-bond acceptors (Lipinski definition) is 6. The van der Waals surface area contributed by atoms with Crippen LogP contribution in [-0.2, 0) is 16.6 Å². The van der Waals surface area contributed by atoms with Crippen LogP contribution in [0.25, 0.3) is 11.4 Å². The van der Waals surface area contributed by atoms with Gasteiger partial charge < -0.3 is 5.11 Å². The number of halogens is 1. The molecule has 0 radical (unpaired) electrons. The molecule has 2 aromatic heterocycles. The van der Waals surface area contributed by atoms with Gasteiger partial charge in [-0.2, -0.15) is 0 Å². The molecule has 7 nitrogen and oxygen atoms in total. The standard InChI is InChI=1S/C22H23BrN4O3S/c1-22(2,3)18-9-8-17(31-18)20(28)27(24)16(21(29)30)10-13-4-6-14(7-5-13)19-25-11-15(23)12-26-19/h4-9,11-12,16H,10,24H2,1-3H3,(H,29,30)/t16-/m0/s1. The summed E-state index contributed by atoms with van der Waals surface area (Å²) < 4.78 is 0.783. The highest BCUT2D eigenvalue weighted by atomic mass is 79.9. The van der Waals surface area contributed by atoms with Crippen LogP contribution < -0.4 is 5.84 Å². The molecule has 1 atom stereocenters. The average Bonchev–Trinajstić information content (AvgIpc) is 3.23. The van der Waals surface area contributed by atoms with E-state index in [0.717, 1.165) is 25.5 Å². The van der Waals surface area contributed by atoms with Gasteiger partial charge in [-0.1, -0.05) is 45.0 Å². The van der Waals surface area contributed by atoms with Crippen LogP contribution in [0.2, 0.25) is 0 Å². The van der Waals surface area contributed by atoms with Crippen molar-refractivity contribution in [3.05, 3.63) is 68.6 Å². The number of aromatic nitrogens is 2. The largest absolute Gasteiger partial charge is 0.480 e. The third-order valence-corrected chi connectivity index (χ3v) is 6.58. The maximum Gasteiger partial charge on any atom is 0.328 e. The molecule has 0 bridgehead atoms. The molecule has 0 unspecified atom stereocenters. The number of carboxylic acids is 1. The van der Waals surface area contributed by atoms with Crippen molar-refractivity contribution in [3.8, 4) is 11.4 Å². The van der Waals surface area contributed by atoms with Gasteiger partial charge in [0.15, 0.2) is 5.82 Å². The summed E-state index contributed by atoms with van der Waals surface area (Å²) in [7, 11) is 0. The summed E-state index contributed by atoms with van der Waals surface area (Å²) >= 11 is 4.63. The zero-order valence-corrected chi connectivity index (χ0v) is 19.8. The second kappa shape index (κ2) is 9.25. The Labute approximate surface area is 193 Å². The van der Waals surface area contributed by atoms with Gasteiger partial charge in [-0.15, -0.1) is 11.3 Å². The van der Waals surface area contributed by atoms with E-state index < -0.39 is 17.9 Å². The number of benzene rings is 1. The molecule has 9 heteroatoms. The molecule has 3 aromatic rings. The molecule has 0 aliphatic rings. The zero-order valence-electron chi connectivity index (χ0n) is 17.4. The fraction of sp³-hybridized carbons (Fsp3) is 0.273. The van der Waals surface area contributed by atoms with Gasteiger partial charge in [-0.05, 0) is 39.0 Å². The summed E-state index contributed by atoms with van der Waals surface area (Å²) in [5.41, 5.74) is 1.44. The number of aliphatic carboxylic acids is 1. The molecule has 0 aliphatic heterocycles. The Kier molecular flexibility index (Phi) is 6.88. The quantitative estimate of drug-likeness (QED) is 0.295. The van der Waals surface area contributed by atoms with E-state index in [0.29, 0.717) is 10.7 Å². The molecule has 0 saturated heterocycles. The van der Waals surface area contributed by atoms with E-state index in [-0.39, 0.29) is 11.8 Å². The number of amides is 1. The molecule has 0 spiro atoms. The zero-order chi connectivity index (χ0) is 22.8. The third kappa shape index (κ3) is 5.55. The van der Waals surface area contributed by atoms with Crippen LogP contribution in [0.5, 0.6) is 0 Å². The first kappa shape index (κ1) is 23.1. The molecule has 1 aromatic carbocycles. The minimum absolute atomic E-state index is 0.0799. The van der Waals surface area contributed by atoms with Crippen molar-refractivity contribution < 1.29 is 14.7 Å². The molecule has 1 amide bonds. The number of nitrogens with two attached hydrogens (primary N) is 1. The molecule has 2 heterocycles. The van der Waals surface area contributed by atoms with E-state index in [1.165, 1.54) is 11.3 Å². The lowest BCUT2D eigenvalue weighted by Gasteiger charge is -2.24. The lowest BCUT2D eigenvalue weighted by atomic mass is 9.95. The van der Waals surface area contributed by atoms with Gasteiger partial charge in [0.2, 0.25) is 0 Å². The molecule has 3 rings (SSSR count). The molecule has 162 valence electrons. The Balaban J connectivity index is 1.76. The van der Waals surface area contributed by atoms with Gasteiger partial charge in [0.05, 0.1) is 9.35 Å². The maximum atomic E-state index is 12.8. The minimum Gasteiger partial charge on any atom is -0.480 e. The fourth-order valence-electron chi connectivity index (χ4n) is 2.90. The number of carboxylic acid groups (broad SMARTS) is 1. The predicted octanol–water partition coefficient (Wildman–Crippen LogP) is 4.28. The van der Waals surface area contributed by atoms with Gasteiger partial charge >= 0.3 is 5.97 Å². The van der Waals surface area contributed by atoms with E-state index in [2.05, 4.69) is 46.7 Å². The van der Waals surface area contributed by atoms with E-state index in [1.54, 1.807) is 30.6 Å². The van der Waals surface area contributed by atoms with Crippen molar-refractivity contribution in [2.24, 2.45) is 5.84 Å². The summed E-state index contributed by atoms with van der Waals surface area (Å²) in [5.74, 6) is 4.87. The lowest BCUT2D eigenvalue weighted by molar-refractivity contribution is -0.142. The first-order valence-corrected chi connectivity index (χ1v) is 11.2. The topological polar surface area (TPSA) is 109 Å². The second-order valence-corrected chi connectivity index (χ2v) is 10.1. The van der Waals surface area contributed by atoms with Crippen LogP contribution in [-0.4, -0.2) is 38.0 Å². The van der Waals surface area contributed by atoms with Crippen molar-refractivity contribution in [2.45, 2.75) is 38.6 Å². The third-order valence-electron chi connectivity index (χ3n) is 4.67. The van der Waals surface area contributed by atoms with E-state index in [1.807, 2.05) is 18.2 Å². The summed E-state index contributed by atoms with van der Waals surface area (Å²) in [6.45, 7) is 6.16. The Morgan fingerprint density at radius 3 is 2.26 bits per heavy atom. The van der Waals surface area contributed by atoms with Gasteiger partial charge in [-0.25, -0.2) is 20.6 Å². The van der Waals surface area contributed by atoms with Gasteiger partial charge in [0.1, 0.15) is 6.04 Å². The average molecular weight is 503 g/mol. The number of carbonyl (C=O) groups is 2. The second-order valence-electron chi connectivity index (χ2n) is 8.11. The fourth-order valence-corrected chi connectivity index (χ4v) is 4.12. The van der Waals surface area contributed by atoms with Crippen molar-refractivity contribution in [3.63, 3.8) is 0 Å². The summed E-state index contributed by atoms with van der Waals surface area (Å²) in [4.78, 5) is 34.6. The predicted molar refractivity (Wildman–Crippen MR) is 124 cm³/mol. The van der Waals surface area contributed by atoms with Crippen molar-refractivity contribution in [1.82, 2.24) is 15.0 Å². The number of thiophene rings is 1. The number of hydrazine groups is 1. The summed E-state index contributed by atoms with van der Waals surface area (Å²) in [6.07, 6.45) is 3.39. The van der Waals surface area contributed by atoms with Crippen molar-refractivity contribution in [2.75, 3.05) is 0 Å². The lowest BCUT2D eigenvalue weighted by Crippen LogP contribution is -2.50. The maximum absolute atomic E-state index is 12.8. The van der Waals surface area contributed by atoms with Crippen LogP contribution >= 0.6 is 27.3 Å². The number of nitrogens with zero attached hydrogens (tertiary/aromatic N) is 3. The van der Waals surface area contributed by atoms with Crippen LogP contribution in [0, 0.1) is 0 Å². The minimum atomic E-state index is -1.19. The Morgan fingerprint density at radius 2 is 1.74 bits per heavy atom. The van der Waals surface area contributed by atoms with E-state index in [9.17, 15) is 14.7 Å². The SMILES string of the molecule is CC(C)(C)c1ccc(C(=O)N(N)[C@@H](Cc2ccc(-c3ncc(Br)cn3)cc2)C(=O)O)s1. The summed E-state index contributed by atoms with van der Waals surface area (Å²) in [6, 6.07) is 9.59. The molecular formula is C22H23BrN4O3S. The van der Waals surface area contributed by atoms with E-state index in [4.69, 9.17) is 5.84 Å². The normalized spacial score (nSPS) is 12.4. The first-order valence-electron chi connectivity index (χ1n) is 9.54. The number of rotatable bonds is 6. The van der Waals surface area contributed by atoms with Crippen LogP contribution in [0.3, 0.4) is 0 Å². The molecule has 0 fully saturated rings. The molecule has 3 N–H and O–H groups in total. The first-order chi connectivity index (χ1) is 14.6. The molecule has 0 aliphatic carbocycles. The Bertz CT molecular complexity index is 1080. The molecular weight excluding hydrogens is 480 g/mol. The van der Waals surface area contributed by atoms with Gasteiger partial charge in [-0.3, -0.25) is 9.80 Å². The molecule has 0 saturated carbocycles. The number of carbonyl (C=O) groups excluding carboxylic acids is 1. The molecule has 31 heavy (non-hydrogen) atoms. The Hall–Kier alpha value is -2.62. The smallest absolute Gasteiger partial charge is 0.328 e. The van der Waals surface area contributed by atoms with Crippen molar-refractivity contribution in [1.29, 1.82) is 0 Å². The van der Waals surface area contributed by atoms with Gasteiger partial charge in [0.25, 0.3) is 5.91 Å². The Morgan fingerprint density at radius 1 is 1.13 bits per heavy atom. The highest BCUT2D eigenvalue weighted by Gasteiger charge is 2.30. The van der Waals surface area contributed by atoms with Crippen LogP contribution in [0.4, 0.5) is 0 Å². The monoisotopic (exact) mass is 502 g/mol. The van der Waals surface area contributed by atoms with Crippen molar-refractivity contribution >= 4 is 39.1 Å². The highest BCUT2D eigenvalue weighted by Crippen LogP contribution is 2.30. The van der Waals surface area contributed by atoms with Crippen LogP contribution in [0.1, 0.15) is 40.9 Å². The highest BCUT2D eigenvalue weighted by molar-refractivity contribution is 9.10. The number of hydrogen-bond donors (Lipinski definition) is 2. The summed E-state index contributed by atoms with van der Waals surface area (Å²) in [5, 5.41) is 10.5. The van der Waals surface area contributed by atoms with Crippen LogP contribution in [0.15, 0.2) is 53.3 Å².